The van der Waals surface area contributed by atoms with Crippen molar-refractivity contribution in [2.75, 3.05) is 13.1 Å². The number of piperidine rings is 1. The molecule has 5 nitrogen and oxygen atoms in total. The minimum atomic E-state index is -0.758. The molecule has 1 aromatic rings. The van der Waals surface area contributed by atoms with Crippen molar-refractivity contribution in [3.8, 4) is 6.07 Å². The molecule has 0 aromatic heterocycles. The normalized spacial score (nSPS) is 16.7. The highest BCUT2D eigenvalue weighted by Gasteiger charge is 2.29. The Labute approximate surface area is 128 Å². The van der Waals surface area contributed by atoms with Gasteiger partial charge in [-0.05, 0) is 44.0 Å². The maximum absolute atomic E-state index is 12.9. The lowest BCUT2D eigenvalue weighted by Crippen LogP contribution is -2.41. The molecule has 1 unspecified atom stereocenters. The summed E-state index contributed by atoms with van der Waals surface area (Å²) in [6, 6.07) is 7.25. The van der Waals surface area contributed by atoms with Gasteiger partial charge in [0.2, 0.25) is 0 Å². The number of carbonyl (C=O) groups excluding carboxylic acids is 2. The fourth-order valence-electron chi connectivity index (χ4n) is 2.39. The Morgan fingerprint density at radius 1 is 1.32 bits per heavy atom. The number of amides is 1. The van der Waals surface area contributed by atoms with Crippen LogP contribution < -0.4 is 0 Å². The molecule has 0 bridgehead atoms. The molecular formula is C16H17FN2O3. The lowest BCUT2D eigenvalue weighted by molar-refractivity contribution is -0.152. The molecule has 1 aliphatic rings. The zero-order valence-electron chi connectivity index (χ0n) is 12.3. The maximum Gasteiger partial charge on any atom is 0.310 e. The van der Waals surface area contributed by atoms with Crippen LogP contribution in [0, 0.1) is 23.1 Å². The second-order valence-electron chi connectivity index (χ2n) is 5.28. The zero-order chi connectivity index (χ0) is 16.1. The topological polar surface area (TPSA) is 70.4 Å². The first kappa shape index (κ1) is 16.0. The molecule has 22 heavy (non-hydrogen) atoms. The number of esters is 1. The number of carbonyl (C=O) groups is 2. The molecule has 1 heterocycles. The molecule has 1 aliphatic heterocycles. The number of rotatable bonds is 3. The summed E-state index contributed by atoms with van der Waals surface area (Å²) >= 11 is 0. The van der Waals surface area contributed by atoms with Gasteiger partial charge in [-0.15, -0.1) is 0 Å². The summed E-state index contributed by atoms with van der Waals surface area (Å²) in [5, 5.41) is 8.64. The van der Waals surface area contributed by atoms with Gasteiger partial charge in [0.1, 0.15) is 11.9 Å². The Morgan fingerprint density at radius 3 is 2.45 bits per heavy atom. The van der Waals surface area contributed by atoms with Gasteiger partial charge in [-0.2, -0.15) is 5.26 Å². The molecule has 0 N–H and O–H groups in total. The van der Waals surface area contributed by atoms with E-state index >= 15 is 0 Å². The van der Waals surface area contributed by atoms with Crippen molar-refractivity contribution in [2.45, 2.75) is 25.9 Å². The average Bonchev–Trinajstić information content (AvgIpc) is 2.55. The molecule has 0 spiro atoms. The van der Waals surface area contributed by atoms with E-state index in [9.17, 15) is 14.0 Å². The van der Waals surface area contributed by atoms with E-state index < -0.39 is 6.10 Å². The van der Waals surface area contributed by atoms with E-state index in [2.05, 4.69) is 0 Å². The first-order valence-corrected chi connectivity index (χ1v) is 7.16. The molecule has 116 valence electrons. The zero-order valence-corrected chi connectivity index (χ0v) is 12.3. The van der Waals surface area contributed by atoms with Gasteiger partial charge in [-0.1, -0.05) is 0 Å². The van der Waals surface area contributed by atoms with Crippen LogP contribution in [0.2, 0.25) is 0 Å². The number of hydrogen-bond donors (Lipinski definition) is 0. The lowest BCUT2D eigenvalue weighted by Gasteiger charge is -2.31. The quantitative estimate of drug-likeness (QED) is 0.802. The fraction of sp³-hybridized carbons (Fsp3) is 0.438. The van der Waals surface area contributed by atoms with E-state index in [4.69, 9.17) is 10.00 Å². The smallest absolute Gasteiger partial charge is 0.310 e. The summed E-state index contributed by atoms with van der Waals surface area (Å²) < 4.78 is 17.9. The number of hydrogen-bond acceptors (Lipinski definition) is 4. The highest BCUT2D eigenvalue weighted by Crippen LogP contribution is 2.21. The van der Waals surface area contributed by atoms with E-state index in [1.807, 2.05) is 6.07 Å². The molecule has 1 aromatic carbocycles. The van der Waals surface area contributed by atoms with Crippen LogP contribution in [0.4, 0.5) is 4.39 Å². The molecule has 1 saturated heterocycles. The number of halogens is 1. The second kappa shape index (κ2) is 7.03. The van der Waals surface area contributed by atoms with Gasteiger partial charge in [0.15, 0.2) is 6.10 Å². The third kappa shape index (κ3) is 3.82. The van der Waals surface area contributed by atoms with Gasteiger partial charge in [0, 0.05) is 18.7 Å². The van der Waals surface area contributed by atoms with E-state index in [1.54, 1.807) is 4.90 Å². The number of likely N-dealkylation sites (tertiary alicyclic amines) is 1. The molecule has 0 saturated carbocycles. The SMILES string of the molecule is CC(C#N)OC(=O)C1CCN(C(=O)c2ccc(F)cc2)CC1. The van der Waals surface area contributed by atoms with Crippen LogP contribution in [0.3, 0.4) is 0 Å². The summed E-state index contributed by atoms with van der Waals surface area (Å²) in [4.78, 5) is 25.7. The Balaban J connectivity index is 1.89. The van der Waals surface area contributed by atoms with Crippen molar-refractivity contribution in [2.24, 2.45) is 5.92 Å². The maximum atomic E-state index is 12.9. The van der Waals surface area contributed by atoms with Gasteiger partial charge in [-0.3, -0.25) is 9.59 Å². The Morgan fingerprint density at radius 2 is 1.91 bits per heavy atom. The van der Waals surface area contributed by atoms with E-state index in [-0.39, 0.29) is 23.6 Å². The van der Waals surface area contributed by atoms with Crippen molar-refractivity contribution in [3.63, 3.8) is 0 Å². The van der Waals surface area contributed by atoms with Gasteiger partial charge in [-0.25, -0.2) is 4.39 Å². The third-order valence-corrected chi connectivity index (χ3v) is 3.68. The van der Waals surface area contributed by atoms with Gasteiger partial charge >= 0.3 is 5.97 Å². The third-order valence-electron chi connectivity index (χ3n) is 3.68. The minimum absolute atomic E-state index is 0.169. The molecule has 2 rings (SSSR count). The van der Waals surface area contributed by atoms with Crippen LogP contribution in [-0.2, 0) is 9.53 Å². The van der Waals surface area contributed by atoms with Crippen molar-refractivity contribution < 1.29 is 18.7 Å². The standard InChI is InChI=1S/C16H17FN2O3/c1-11(10-18)22-16(21)13-6-8-19(9-7-13)15(20)12-2-4-14(17)5-3-12/h2-5,11,13H,6-9H2,1H3. The predicted molar refractivity (Wildman–Crippen MR) is 76.2 cm³/mol. The Hall–Kier alpha value is -2.42. The van der Waals surface area contributed by atoms with Crippen molar-refractivity contribution in [3.05, 3.63) is 35.6 Å². The summed E-state index contributed by atoms with van der Waals surface area (Å²) in [6.45, 7) is 2.40. The van der Waals surface area contributed by atoms with E-state index in [0.717, 1.165) is 0 Å². The van der Waals surface area contributed by atoms with Gasteiger partial charge in [0.05, 0.1) is 5.92 Å². The number of ether oxygens (including phenoxy) is 1. The number of nitrogens with zero attached hydrogens (tertiary/aromatic N) is 2. The van der Waals surface area contributed by atoms with E-state index in [1.165, 1.54) is 31.2 Å². The highest BCUT2D eigenvalue weighted by atomic mass is 19.1. The van der Waals surface area contributed by atoms with E-state index in [0.29, 0.717) is 31.5 Å². The Kier molecular flexibility index (Phi) is 5.10. The molecule has 0 aliphatic carbocycles. The first-order valence-electron chi connectivity index (χ1n) is 7.16. The fourth-order valence-corrected chi connectivity index (χ4v) is 2.39. The van der Waals surface area contributed by atoms with Crippen LogP contribution in [-0.4, -0.2) is 36.0 Å². The summed E-state index contributed by atoms with van der Waals surface area (Å²) in [5.41, 5.74) is 0.431. The minimum Gasteiger partial charge on any atom is -0.447 e. The molecule has 1 amide bonds. The Bertz CT molecular complexity index is 586. The average molecular weight is 304 g/mol. The summed E-state index contributed by atoms with van der Waals surface area (Å²) in [7, 11) is 0. The van der Waals surface area contributed by atoms with Crippen LogP contribution in [0.1, 0.15) is 30.1 Å². The predicted octanol–water partition coefficient (Wildman–Crippen LogP) is 2.13. The van der Waals surface area contributed by atoms with Crippen molar-refractivity contribution in [1.29, 1.82) is 5.26 Å². The molecule has 6 heteroatoms. The second-order valence-corrected chi connectivity index (χ2v) is 5.28. The van der Waals surface area contributed by atoms with Crippen LogP contribution >= 0.6 is 0 Å². The number of benzene rings is 1. The van der Waals surface area contributed by atoms with Crippen LogP contribution in [0.25, 0.3) is 0 Å². The monoisotopic (exact) mass is 304 g/mol. The van der Waals surface area contributed by atoms with Gasteiger partial charge < -0.3 is 9.64 Å². The molecule has 1 fully saturated rings. The molecule has 1 atom stereocenters. The number of nitriles is 1. The van der Waals surface area contributed by atoms with Crippen LogP contribution in [0.15, 0.2) is 24.3 Å². The lowest BCUT2D eigenvalue weighted by atomic mass is 9.96. The largest absolute Gasteiger partial charge is 0.447 e. The molecular weight excluding hydrogens is 287 g/mol. The molecule has 0 radical (unpaired) electrons. The first-order chi connectivity index (χ1) is 10.5. The summed E-state index contributed by atoms with van der Waals surface area (Å²) in [6.07, 6.45) is 0.250. The van der Waals surface area contributed by atoms with Crippen LogP contribution in [0.5, 0.6) is 0 Å². The van der Waals surface area contributed by atoms with Gasteiger partial charge in [0.25, 0.3) is 5.91 Å². The van der Waals surface area contributed by atoms with Crippen molar-refractivity contribution >= 4 is 11.9 Å². The highest BCUT2D eigenvalue weighted by molar-refractivity contribution is 5.94. The summed E-state index contributed by atoms with van der Waals surface area (Å²) in [5.74, 6) is -1.22. The van der Waals surface area contributed by atoms with Crippen molar-refractivity contribution in [1.82, 2.24) is 4.90 Å².